The van der Waals surface area contributed by atoms with Crippen LogP contribution in [0.4, 0.5) is 15.3 Å². The van der Waals surface area contributed by atoms with Crippen molar-refractivity contribution in [2.45, 2.75) is 32.4 Å². The number of carbonyl (C=O) groups excluding carboxylic acids is 3. The third kappa shape index (κ3) is 5.08. The van der Waals surface area contributed by atoms with E-state index in [9.17, 15) is 14.4 Å². The first-order valence-electron chi connectivity index (χ1n) is 11.2. The zero-order valence-electron chi connectivity index (χ0n) is 19.8. The number of nitrogens with zero attached hydrogens (tertiary/aromatic N) is 3. The summed E-state index contributed by atoms with van der Waals surface area (Å²) >= 11 is 0. The summed E-state index contributed by atoms with van der Waals surface area (Å²) in [5.74, 6) is 0.781. The van der Waals surface area contributed by atoms with Gasteiger partial charge < -0.3 is 24.0 Å². The van der Waals surface area contributed by atoms with E-state index in [0.29, 0.717) is 43.2 Å². The molecule has 3 amide bonds. The molecule has 2 aromatic rings. The van der Waals surface area contributed by atoms with Crippen molar-refractivity contribution < 1.29 is 28.6 Å². The zero-order chi connectivity index (χ0) is 24.5. The molecule has 1 unspecified atom stereocenters. The van der Waals surface area contributed by atoms with Gasteiger partial charge in [0.2, 0.25) is 0 Å². The molecule has 2 aliphatic heterocycles. The number of esters is 1. The minimum Gasteiger partial charge on any atom is -0.465 e. The third-order valence-corrected chi connectivity index (χ3v) is 5.66. The molecular formula is C25H29N3O6. The van der Waals surface area contributed by atoms with Crippen LogP contribution < -0.4 is 9.64 Å². The number of ether oxygens (including phenoxy) is 3. The second kappa shape index (κ2) is 9.24. The van der Waals surface area contributed by atoms with Crippen molar-refractivity contribution in [3.8, 4) is 11.5 Å². The van der Waals surface area contributed by atoms with Crippen LogP contribution in [-0.4, -0.2) is 72.8 Å². The number of rotatable bonds is 4. The minimum atomic E-state index is -0.557. The molecule has 0 saturated carbocycles. The van der Waals surface area contributed by atoms with E-state index in [4.69, 9.17) is 14.2 Å². The summed E-state index contributed by atoms with van der Waals surface area (Å²) in [5, 5.41) is 0. The quantitative estimate of drug-likeness (QED) is 0.629. The smallest absolute Gasteiger partial charge is 0.410 e. The van der Waals surface area contributed by atoms with Crippen molar-refractivity contribution in [1.29, 1.82) is 0 Å². The minimum absolute atomic E-state index is 0.0686. The molecule has 9 nitrogen and oxygen atoms in total. The SMILES string of the molecule is COC(=O)c1ccc(Oc2ccc(N3CC4CN(C(=O)OC(C)(C)C)CCN4C3=O)cc2)cc1. The fraction of sp³-hybridized carbons (Fsp3) is 0.400. The lowest BCUT2D eigenvalue weighted by Crippen LogP contribution is -2.54. The summed E-state index contributed by atoms with van der Waals surface area (Å²) in [4.78, 5) is 42.2. The van der Waals surface area contributed by atoms with Crippen LogP contribution in [0.2, 0.25) is 0 Å². The van der Waals surface area contributed by atoms with Gasteiger partial charge in [-0.1, -0.05) is 0 Å². The highest BCUT2D eigenvalue weighted by molar-refractivity contribution is 5.95. The molecule has 0 spiro atoms. The molecule has 0 bridgehead atoms. The van der Waals surface area contributed by atoms with Gasteiger partial charge in [0, 0.05) is 31.9 Å². The Labute approximate surface area is 198 Å². The zero-order valence-corrected chi connectivity index (χ0v) is 19.8. The van der Waals surface area contributed by atoms with E-state index in [1.54, 1.807) is 46.2 Å². The molecule has 2 saturated heterocycles. The first kappa shape index (κ1) is 23.4. The fourth-order valence-electron chi connectivity index (χ4n) is 4.02. The van der Waals surface area contributed by atoms with Gasteiger partial charge in [-0.2, -0.15) is 0 Å². The van der Waals surface area contributed by atoms with Crippen molar-refractivity contribution in [2.75, 3.05) is 38.2 Å². The van der Waals surface area contributed by atoms with E-state index < -0.39 is 11.6 Å². The maximum Gasteiger partial charge on any atom is 0.410 e. The van der Waals surface area contributed by atoms with Crippen LogP contribution in [0.1, 0.15) is 31.1 Å². The maximum atomic E-state index is 13.0. The Hall–Kier alpha value is -3.75. The molecule has 1 atom stereocenters. The van der Waals surface area contributed by atoms with Gasteiger partial charge in [-0.3, -0.25) is 4.90 Å². The summed E-state index contributed by atoms with van der Waals surface area (Å²) in [6, 6.07) is 13.8. The van der Waals surface area contributed by atoms with E-state index >= 15 is 0 Å². The number of amides is 3. The van der Waals surface area contributed by atoms with Crippen LogP contribution in [-0.2, 0) is 9.47 Å². The molecule has 2 fully saturated rings. The molecule has 2 heterocycles. The van der Waals surface area contributed by atoms with Crippen molar-refractivity contribution in [3.63, 3.8) is 0 Å². The molecule has 2 aromatic carbocycles. The Morgan fingerprint density at radius 3 is 2.12 bits per heavy atom. The molecule has 0 radical (unpaired) electrons. The van der Waals surface area contributed by atoms with Gasteiger partial charge >= 0.3 is 18.1 Å². The molecule has 0 N–H and O–H groups in total. The number of piperazine rings is 1. The Balaban J connectivity index is 1.38. The predicted octanol–water partition coefficient (Wildman–Crippen LogP) is 4.13. The number of benzene rings is 2. The lowest BCUT2D eigenvalue weighted by atomic mass is 10.2. The summed E-state index contributed by atoms with van der Waals surface area (Å²) in [5.41, 5.74) is 0.648. The van der Waals surface area contributed by atoms with E-state index in [0.717, 1.165) is 5.69 Å². The van der Waals surface area contributed by atoms with Crippen molar-refractivity contribution in [1.82, 2.24) is 9.80 Å². The summed E-state index contributed by atoms with van der Waals surface area (Å²) < 4.78 is 16.0. The number of urea groups is 1. The standard InChI is InChI=1S/C25H29N3O6/c1-25(2,3)34-24(31)26-13-14-27-19(15-26)16-28(23(27)30)18-7-11-21(12-8-18)33-20-9-5-17(6-10-20)22(29)32-4/h5-12,19H,13-16H2,1-4H3. The number of hydrogen-bond acceptors (Lipinski definition) is 6. The number of anilines is 1. The van der Waals surface area contributed by atoms with Gasteiger partial charge in [-0.05, 0) is 69.3 Å². The normalized spacial score (nSPS) is 17.9. The first-order valence-corrected chi connectivity index (χ1v) is 11.2. The molecule has 4 rings (SSSR count). The molecule has 180 valence electrons. The highest BCUT2D eigenvalue weighted by Crippen LogP contribution is 2.30. The van der Waals surface area contributed by atoms with Crippen molar-refractivity contribution in [2.24, 2.45) is 0 Å². The van der Waals surface area contributed by atoms with E-state index in [1.165, 1.54) is 7.11 Å². The molecule has 0 aliphatic carbocycles. The Morgan fingerprint density at radius 2 is 1.53 bits per heavy atom. The van der Waals surface area contributed by atoms with Gasteiger partial charge in [0.15, 0.2) is 0 Å². The first-order chi connectivity index (χ1) is 16.1. The average Bonchev–Trinajstić information content (AvgIpc) is 3.14. The van der Waals surface area contributed by atoms with Crippen LogP contribution in [0.25, 0.3) is 0 Å². The summed E-state index contributed by atoms with van der Waals surface area (Å²) in [6.07, 6.45) is -0.348. The monoisotopic (exact) mass is 467 g/mol. The molecule has 9 heteroatoms. The number of fused-ring (bicyclic) bond motifs is 1. The maximum absolute atomic E-state index is 13.0. The van der Waals surface area contributed by atoms with Crippen LogP contribution in [0.5, 0.6) is 11.5 Å². The Morgan fingerprint density at radius 1 is 0.912 bits per heavy atom. The van der Waals surface area contributed by atoms with Gasteiger partial charge in [0.25, 0.3) is 0 Å². The predicted molar refractivity (Wildman–Crippen MR) is 125 cm³/mol. The van der Waals surface area contributed by atoms with Gasteiger partial charge in [-0.25, -0.2) is 14.4 Å². The van der Waals surface area contributed by atoms with E-state index in [-0.39, 0.29) is 18.2 Å². The third-order valence-electron chi connectivity index (χ3n) is 5.66. The van der Waals surface area contributed by atoms with Crippen molar-refractivity contribution in [3.05, 3.63) is 54.1 Å². The molecule has 2 aliphatic rings. The second-order valence-corrected chi connectivity index (χ2v) is 9.28. The second-order valence-electron chi connectivity index (χ2n) is 9.28. The lowest BCUT2D eigenvalue weighted by molar-refractivity contribution is 0.0128. The Bertz CT molecular complexity index is 1060. The average molecular weight is 468 g/mol. The lowest BCUT2D eigenvalue weighted by Gasteiger charge is -2.36. The summed E-state index contributed by atoms with van der Waals surface area (Å²) in [7, 11) is 1.34. The topological polar surface area (TPSA) is 88.6 Å². The van der Waals surface area contributed by atoms with E-state index in [2.05, 4.69) is 0 Å². The van der Waals surface area contributed by atoms with Gasteiger partial charge in [0.05, 0.1) is 18.7 Å². The molecular weight excluding hydrogens is 438 g/mol. The van der Waals surface area contributed by atoms with Crippen LogP contribution >= 0.6 is 0 Å². The number of carbonyl (C=O) groups is 3. The van der Waals surface area contributed by atoms with Gasteiger partial charge in [-0.15, -0.1) is 0 Å². The van der Waals surface area contributed by atoms with Crippen LogP contribution in [0, 0.1) is 0 Å². The van der Waals surface area contributed by atoms with E-state index in [1.807, 2.05) is 37.8 Å². The Kier molecular flexibility index (Phi) is 6.37. The molecule has 0 aromatic heterocycles. The van der Waals surface area contributed by atoms with Gasteiger partial charge in [0.1, 0.15) is 17.1 Å². The highest BCUT2D eigenvalue weighted by atomic mass is 16.6. The van der Waals surface area contributed by atoms with Crippen molar-refractivity contribution >= 4 is 23.8 Å². The molecule has 34 heavy (non-hydrogen) atoms. The highest BCUT2D eigenvalue weighted by Gasteiger charge is 2.42. The number of methoxy groups -OCH3 is 1. The number of hydrogen-bond donors (Lipinski definition) is 0. The van der Waals surface area contributed by atoms with Crippen LogP contribution in [0.15, 0.2) is 48.5 Å². The largest absolute Gasteiger partial charge is 0.465 e. The van der Waals surface area contributed by atoms with Crippen LogP contribution in [0.3, 0.4) is 0 Å². The fourth-order valence-corrected chi connectivity index (χ4v) is 4.02. The summed E-state index contributed by atoms with van der Waals surface area (Å²) in [6.45, 7) is 7.38.